The van der Waals surface area contributed by atoms with Crippen molar-refractivity contribution >= 4 is 0 Å². The molecule has 0 spiro atoms. The summed E-state index contributed by atoms with van der Waals surface area (Å²) in [5.74, 6) is 0. The maximum Gasteiger partial charge on any atom is 0.0564 e. The highest BCUT2D eigenvalue weighted by Crippen LogP contribution is 2.09. The molecule has 0 radical (unpaired) electrons. The van der Waals surface area contributed by atoms with Crippen molar-refractivity contribution in [1.82, 2.24) is 0 Å². The van der Waals surface area contributed by atoms with Crippen LogP contribution in [0.2, 0.25) is 0 Å². The zero-order valence-electron chi connectivity index (χ0n) is 8.76. The monoisotopic (exact) mass is 206 g/mol. The van der Waals surface area contributed by atoms with E-state index in [2.05, 4.69) is 0 Å². The Morgan fingerprint density at radius 3 is 2.00 bits per heavy atom. The molecule has 0 aliphatic carbocycles. The average Bonchev–Trinajstić information content (AvgIpc) is 2.02. The van der Waals surface area contributed by atoms with E-state index in [1.54, 1.807) is 6.92 Å². The highest BCUT2D eigenvalue weighted by atomic mass is 16.3. The summed E-state index contributed by atoms with van der Waals surface area (Å²) in [5.41, 5.74) is 0. The maximum absolute atomic E-state index is 9.37. The van der Waals surface area contributed by atoms with Crippen LogP contribution in [0.5, 0.6) is 0 Å². The summed E-state index contributed by atoms with van der Waals surface area (Å²) in [5, 5.41) is 36.1. The molecule has 4 nitrogen and oxygen atoms in total. The van der Waals surface area contributed by atoms with E-state index < -0.39 is 18.3 Å². The summed E-state index contributed by atoms with van der Waals surface area (Å²) in [6.45, 7) is 1.64. The molecule has 0 aromatic heterocycles. The fourth-order valence-electron chi connectivity index (χ4n) is 1.39. The van der Waals surface area contributed by atoms with Gasteiger partial charge in [-0.25, -0.2) is 0 Å². The summed E-state index contributed by atoms with van der Waals surface area (Å²) in [7, 11) is 0. The molecule has 86 valence electrons. The van der Waals surface area contributed by atoms with Crippen LogP contribution < -0.4 is 0 Å². The lowest BCUT2D eigenvalue weighted by molar-refractivity contribution is 0.0762. The molecule has 0 aliphatic heterocycles. The van der Waals surface area contributed by atoms with Crippen LogP contribution in [0.4, 0.5) is 0 Å². The van der Waals surface area contributed by atoms with E-state index in [1.165, 1.54) is 0 Å². The van der Waals surface area contributed by atoms with E-state index >= 15 is 0 Å². The van der Waals surface area contributed by atoms with Crippen molar-refractivity contribution in [3.05, 3.63) is 0 Å². The van der Waals surface area contributed by atoms with Gasteiger partial charge < -0.3 is 20.4 Å². The Bertz CT molecular complexity index is 127. The molecule has 0 aromatic carbocycles. The third-order valence-corrected chi connectivity index (χ3v) is 2.15. The summed E-state index contributed by atoms with van der Waals surface area (Å²) in [6.07, 6.45) is 1.24. The second-order valence-corrected chi connectivity index (χ2v) is 3.84. The van der Waals surface area contributed by atoms with E-state index in [-0.39, 0.29) is 6.61 Å². The number of aliphatic hydroxyl groups excluding tert-OH is 4. The van der Waals surface area contributed by atoms with Gasteiger partial charge in [0.05, 0.1) is 18.3 Å². The molecular weight excluding hydrogens is 184 g/mol. The Morgan fingerprint density at radius 2 is 1.50 bits per heavy atom. The first-order chi connectivity index (χ1) is 6.56. The highest BCUT2D eigenvalue weighted by Gasteiger charge is 2.09. The molecule has 0 bridgehead atoms. The third-order valence-electron chi connectivity index (χ3n) is 2.15. The summed E-state index contributed by atoms with van der Waals surface area (Å²) in [4.78, 5) is 0. The van der Waals surface area contributed by atoms with Crippen molar-refractivity contribution in [2.24, 2.45) is 0 Å². The standard InChI is InChI=1S/C10H22O4/c1-8(12)7-10(14)4-2-3-9(13)5-6-11/h8-14H,2-7H2,1H3. The largest absolute Gasteiger partial charge is 0.396 e. The molecule has 0 saturated carbocycles. The summed E-state index contributed by atoms with van der Waals surface area (Å²) < 4.78 is 0. The summed E-state index contributed by atoms with van der Waals surface area (Å²) in [6, 6.07) is 0. The lowest BCUT2D eigenvalue weighted by Gasteiger charge is -2.13. The molecule has 3 atom stereocenters. The predicted molar refractivity (Wildman–Crippen MR) is 53.9 cm³/mol. The molecule has 0 aromatic rings. The fourth-order valence-corrected chi connectivity index (χ4v) is 1.39. The SMILES string of the molecule is CC(O)CC(O)CCCC(O)CCO. The minimum atomic E-state index is -0.490. The normalized spacial score (nSPS) is 17.8. The lowest BCUT2D eigenvalue weighted by atomic mass is 10.0. The minimum absolute atomic E-state index is 0.00259. The summed E-state index contributed by atoms with van der Waals surface area (Å²) >= 11 is 0. The Labute approximate surface area is 85.2 Å². The first-order valence-corrected chi connectivity index (χ1v) is 5.21. The third kappa shape index (κ3) is 8.44. The van der Waals surface area contributed by atoms with Crippen LogP contribution >= 0.6 is 0 Å². The molecule has 0 heterocycles. The van der Waals surface area contributed by atoms with Gasteiger partial charge in [0.15, 0.2) is 0 Å². The molecule has 0 fully saturated rings. The van der Waals surface area contributed by atoms with Crippen LogP contribution in [0.3, 0.4) is 0 Å². The van der Waals surface area contributed by atoms with Gasteiger partial charge in [0, 0.05) is 6.61 Å². The minimum Gasteiger partial charge on any atom is -0.396 e. The number of hydrogen-bond acceptors (Lipinski definition) is 4. The van der Waals surface area contributed by atoms with E-state index in [0.29, 0.717) is 25.7 Å². The van der Waals surface area contributed by atoms with Crippen LogP contribution in [0.25, 0.3) is 0 Å². The number of rotatable bonds is 8. The molecule has 0 rings (SSSR count). The molecule has 0 aliphatic rings. The van der Waals surface area contributed by atoms with Crippen LogP contribution in [-0.4, -0.2) is 45.3 Å². The Hall–Kier alpha value is -0.160. The van der Waals surface area contributed by atoms with Gasteiger partial charge in [-0.2, -0.15) is 0 Å². The molecule has 14 heavy (non-hydrogen) atoms. The molecule has 3 unspecified atom stereocenters. The van der Waals surface area contributed by atoms with Gasteiger partial charge in [-0.3, -0.25) is 0 Å². The van der Waals surface area contributed by atoms with Crippen molar-refractivity contribution in [3.8, 4) is 0 Å². The van der Waals surface area contributed by atoms with Gasteiger partial charge in [0.1, 0.15) is 0 Å². The molecule has 4 N–H and O–H groups in total. The van der Waals surface area contributed by atoms with Crippen LogP contribution in [-0.2, 0) is 0 Å². The van der Waals surface area contributed by atoms with E-state index in [0.717, 1.165) is 6.42 Å². The van der Waals surface area contributed by atoms with Gasteiger partial charge in [-0.15, -0.1) is 0 Å². The second-order valence-electron chi connectivity index (χ2n) is 3.84. The molecular formula is C10H22O4. The van der Waals surface area contributed by atoms with E-state index in [4.69, 9.17) is 10.2 Å². The smallest absolute Gasteiger partial charge is 0.0564 e. The van der Waals surface area contributed by atoms with Crippen LogP contribution in [0, 0.1) is 0 Å². The highest BCUT2D eigenvalue weighted by molar-refractivity contribution is 4.62. The Morgan fingerprint density at radius 1 is 0.929 bits per heavy atom. The second kappa shape index (κ2) is 8.17. The van der Waals surface area contributed by atoms with Gasteiger partial charge in [-0.05, 0) is 39.0 Å². The van der Waals surface area contributed by atoms with Crippen molar-refractivity contribution in [2.75, 3.05) is 6.61 Å². The van der Waals surface area contributed by atoms with Gasteiger partial charge in [-0.1, -0.05) is 0 Å². The predicted octanol–water partition coefficient (Wildman–Crippen LogP) is 0.0318. The molecule has 0 amide bonds. The first kappa shape index (κ1) is 13.8. The maximum atomic E-state index is 9.37. The van der Waals surface area contributed by atoms with Gasteiger partial charge >= 0.3 is 0 Å². The first-order valence-electron chi connectivity index (χ1n) is 5.21. The zero-order chi connectivity index (χ0) is 11.0. The average molecular weight is 206 g/mol. The Balaban J connectivity index is 3.34. The number of aliphatic hydroxyl groups is 4. The zero-order valence-corrected chi connectivity index (χ0v) is 8.76. The van der Waals surface area contributed by atoms with Crippen molar-refractivity contribution in [3.63, 3.8) is 0 Å². The number of hydrogen-bond donors (Lipinski definition) is 4. The van der Waals surface area contributed by atoms with E-state index in [1.807, 2.05) is 0 Å². The van der Waals surface area contributed by atoms with Crippen molar-refractivity contribution in [2.45, 2.75) is 57.3 Å². The molecule has 0 saturated heterocycles. The van der Waals surface area contributed by atoms with Gasteiger partial charge in [0.25, 0.3) is 0 Å². The Kier molecular flexibility index (Phi) is 8.08. The van der Waals surface area contributed by atoms with E-state index in [9.17, 15) is 10.2 Å². The van der Waals surface area contributed by atoms with Crippen molar-refractivity contribution in [1.29, 1.82) is 0 Å². The molecule has 4 heteroatoms. The topological polar surface area (TPSA) is 80.9 Å². The quantitative estimate of drug-likeness (QED) is 0.452. The van der Waals surface area contributed by atoms with Crippen LogP contribution in [0.15, 0.2) is 0 Å². The van der Waals surface area contributed by atoms with Gasteiger partial charge in [0.2, 0.25) is 0 Å². The van der Waals surface area contributed by atoms with Crippen LogP contribution in [0.1, 0.15) is 39.0 Å². The fraction of sp³-hybridized carbons (Fsp3) is 1.00. The van der Waals surface area contributed by atoms with Crippen molar-refractivity contribution < 1.29 is 20.4 Å². The lowest BCUT2D eigenvalue weighted by Crippen LogP contribution is -2.16.